The van der Waals surface area contributed by atoms with E-state index in [-0.39, 0.29) is 5.91 Å². The summed E-state index contributed by atoms with van der Waals surface area (Å²) >= 11 is 1.67. The van der Waals surface area contributed by atoms with Gasteiger partial charge in [0, 0.05) is 11.3 Å². The number of carbonyl (C=O) groups is 1. The van der Waals surface area contributed by atoms with E-state index in [4.69, 9.17) is 14.5 Å². The molecule has 0 aliphatic heterocycles. The number of anilines is 1. The Bertz CT molecular complexity index is 1180. The molecule has 1 N–H and O–H groups in total. The molecule has 1 atom stereocenters. The maximum absolute atomic E-state index is 12.5. The minimum atomic E-state index is -0.634. The van der Waals surface area contributed by atoms with E-state index in [0.29, 0.717) is 18.0 Å². The van der Waals surface area contributed by atoms with Crippen molar-refractivity contribution in [3.63, 3.8) is 0 Å². The maximum Gasteiger partial charge on any atom is 0.265 e. The predicted octanol–water partition coefficient (Wildman–Crippen LogP) is 6.08. The molecule has 1 heterocycles. The van der Waals surface area contributed by atoms with Crippen LogP contribution in [-0.2, 0) is 4.79 Å². The average molecular weight is 433 g/mol. The number of thiazole rings is 1. The summed E-state index contributed by atoms with van der Waals surface area (Å²) in [6, 6.07) is 21.2. The van der Waals surface area contributed by atoms with Gasteiger partial charge in [-0.25, -0.2) is 4.98 Å². The van der Waals surface area contributed by atoms with E-state index in [0.717, 1.165) is 21.8 Å². The molecule has 158 valence electrons. The largest absolute Gasteiger partial charge is 0.494 e. The van der Waals surface area contributed by atoms with Crippen LogP contribution in [0.2, 0.25) is 0 Å². The first-order valence-electron chi connectivity index (χ1n) is 10.2. The number of benzene rings is 3. The van der Waals surface area contributed by atoms with Crippen molar-refractivity contribution >= 4 is 33.1 Å². The Labute approximate surface area is 185 Å². The minimum absolute atomic E-state index is 0.211. The van der Waals surface area contributed by atoms with Gasteiger partial charge in [0.05, 0.1) is 16.8 Å². The van der Waals surface area contributed by atoms with Gasteiger partial charge in [-0.2, -0.15) is 0 Å². The molecule has 0 aliphatic rings. The van der Waals surface area contributed by atoms with E-state index >= 15 is 0 Å². The summed E-state index contributed by atoms with van der Waals surface area (Å²) in [6.45, 7) is 6.35. The third-order valence-electron chi connectivity index (χ3n) is 4.76. The van der Waals surface area contributed by atoms with Crippen molar-refractivity contribution < 1.29 is 14.3 Å². The van der Waals surface area contributed by atoms with E-state index in [1.807, 2.05) is 49.4 Å². The summed E-state index contributed by atoms with van der Waals surface area (Å²) in [6.07, 6.45) is -0.634. The topological polar surface area (TPSA) is 60.5 Å². The fraction of sp³-hybridized carbons (Fsp3) is 0.200. The molecule has 0 fully saturated rings. The van der Waals surface area contributed by atoms with Crippen molar-refractivity contribution in [1.29, 1.82) is 0 Å². The van der Waals surface area contributed by atoms with E-state index in [1.165, 1.54) is 10.3 Å². The molecule has 6 heteroatoms. The molecule has 31 heavy (non-hydrogen) atoms. The second-order valence-corrected chi connectivity index (χ2v) is 8.25. The highest BCUT2D eigenvalue weighted by molar-refractivity contribution is 7.21. The molecule has 3 aromatic carbocycles. The van der Waals surface area contributed by atoms with E-state index in [9.17, 15) is 4.79 Å². The van der Waals surface area contributed by atoms with Crippen LogP contribution >= 0.6 is 11.3 Å². The molecule has 0 radical (unpaired) electrons. The lowest BCUT2D eigenvalue weighted by Gasteiger charge is -2.15. The molecular formula is C25H24N2O3S. The molecule has 1 aromatic heterocycles. The summed E-state index contributed by atoms with van der Waals surface area (Å²) in [5, 5.41) is 3.86. The molecule has 0 saturated carbocycles. The number of hydrogen-bond acceptors (Lipinski definition) is 5. The Balaban J connectivity index is 1.38. The molecule has 0 aliphatic carbocycles. The average Bonchev–Trinajstić information content (AvgIpc) is 3.19. The lowest BCUT2D eigenvalue weighted by molar-refractivity contribution is -0.122. The van der Waals surface area contributed by atoms with Gasteiger partial charge in [0.15, 0.2) is 6.10 Å². The summed E-state index contributed by atoms with van der Waals surface area (Å²) in [5.41, 5.74) is 3.97. The van der Waals surface area contributed by atoms with E-state index < -0.39 is 6.10 Å². The Kier molecular flexibility index (Phi) is 6.18. The normalized spacial score (nSPS) is 11.8. The van der Waals surface area contributed by atoms with Crippen molar-refractivity contribution in [2.24, 2.45) is 0 Å². The van der Waals surface area contributed by atoms with E-state index in [1.54, 1.807) is 30.4 Å². The molecule has 0 spiro atoms. The standard InChI is InChI=1S/C25H24N2O3S/c1-4-29-20-10-12-21(13-11-20)30-17(3)24(28)26-19-8-6-18(7-9-19)25-27-22-14-5-16(2)15-23(22)31-25/h5-15,17H,4H2,1-3H3,(H,26,28). The van der Waals surface area contributed by atoms with Crippen LogP contribution < -0.4 is 14.8 Å². The summed E-state index contributed by atoms with van der Waals surface area (Å²) in [5.74, 6) is 1.18. The van der Waals surface area contributed by atoms with Crippen LogP contribution in [0.3, 0.4) is 0 Å². The zero-order valence-electron chi connectivity index (χ0n) is 17.7. The summed E-state index contributed by atoms with van der Waals surface area (Å²) in [7, 11) is 0. The van der Waals surface area contributed by atoms with Gasteiger partial charge >= 0.3 is 0 Å². The smallest absolute Gasteiger partial charge is 0.265 e. The minimum Gasteiger partial charge on any atom is -0.494 e. The maximum atomic E-state index is 12.5. The van der Waals surface area contributed by atoms with Gasteiger partial charge in [0.2, 0.25) is 0 Å². The predicted molar refractivity (Wildman–Crippen MR) is 126 cm³/mol. The summed E-state index contributed by atoms with van der Waals surface area (Å²) < 4.78 is 12.3. The highest BCUT2D eigenvalue weighted by Crippen LogP contribution is 2.31. The van der Waals surface area contributed by atoms with Gasteiger partial charge < -0.3 is 14.8 Å². The van der Waals surface area contributed by atoms with Gasteiger partial charge in [-0.1, -0.05) is 6.07 Å². The quantitative estimate of drug-likeness (QED) is 0.385. The van der Waals surface area contributed by atoms with Gasteiger partial charge in [-0.3, -0.25) is 4.79 Å². The van der Waals surface area contributed by atoms with Gasteiger partial charge in [-0.15, -0.1) is 11.3 Å². The van der Waals surface area contributed by atoms with E-state index in [2.05, 4.69) is 24.4 Å². The number of amides is 1. The van der Waals surface area contributed by atoms with Crippen molar-refractivity contribution in [1.82, 2.24) is 4.98 Å². The molecule has 0 saturated heterocycles. The van der Waals surface area contributed by atoms with Crippen LogP contribution in [0.25, 0.3) is 20.8 Å². The lowest BCUT2D eigenvalue weighted by Crippen LogP contribution is -2.30. The molecular weight excluding hydrogens is 408 g/mol. The number of aromatic nitrogens is 1. The van der Waals surface area contributed by atoms with Crippen LogP contribution in [0.1, 0.15) is 19.4 Å². The van der Waals surface area contributed by atoms with Crippen LogP contribution in [0, 0.1) is 6.92 Å². The first kappa shape index (κ1) is 20.9. The number of nitrogens with zero attached hydrogens (tertiary/aromatic N) is 1. The number of ether oxygens (including phenoxy) is 2. The fourth-order valence-electron chi connectivity index (χ4n) is 3.13. The lowest BCUT2D eigenvalue weighted by atomic mass is 10.2. The Morgan fingerprint density at radius 2 is 1.74 bits per heavy atom. The third-order valence-corrected chi connectivity index (χ3v) is 5.83. The second-order valence-electron chi connectivity index (χ2n) is 7.22. The van der Waals surface area contributed by atoms with Crippen LogP contribution in [0.15, 0.2) is 66.7 Å². The first-order valence-corrected chi connectivity index (χ1v) is 11.0. The highest BCUT2D eigenvalue weighted by Gasteiger charge is 2.15. The van der Waals surface area contributed by atoms with Crippen molar-refractivity contribution in [3.8, 4) is 22.1 Å². The number of aryl methyl sites for hydroxylation is 1. The highest BCUT2D eigenvalue weighted by atomic mass is 32.1. The van der Waals surface area contributed by atoms with Gasteiger partial charge in [0.1, 0.15) is 16.5 Å². The first-order chi connectivity index (χ1) is 15.0. The monoisotopic (exact) mass is 432 g/mol. The molecule has 1 unspecified atom stereocenters. The van der Waals surface area contributed by atoms with Crippen molar-refractivity contribution in [2.75, 3.05) is 11.9 Å². The van der Waals surface area contributed by atoms with Crippen LogP contribution in [0.5, 0.6) is 11.5 Å². The zero-order chi connectivity index (χ0) is 21.8. The second kappa shape index (κ2) is 9.18. The molecule has 1 amide bonds. The van der Waals surface area contributed by atoms with Crippen LogP contribution in [0.4, 0.5) is 5.69 Å². The third kappa shape index (κ3) is 5.03. The number of rotatable bonds is 7. The van der Waals surface area contributed by atoms with Crippen LogP contribution in [-0.4, -0.2) is 23.6 Å². The van der Waals surface area contributed by atoms with Crippen molar-refractivity contribution in [2.45, 2.75) is 26.9 Å². The van der Waals surface area contributed by atoms with Gasteiger partial charge in [0.25, 0.3) is 5.91 Å². The number of fused-ring (bicyclic) bond motifs is 1. The Morgan fingerprint density at radius 3 is 2.45 bits per heavy atom. The zero-order valence-corrected chi connectivity index (χ0v) is 18.5. The molecule has 4 aromatic rings. The van der Waals surface area contributed by atoms with Crippen molar-refractivity contribution in [3.05, 3.63) is 72.3 Å². The van der Waals surface area contributed by atoms with Gasteiger partial charge in [-0.05, 0) is 87.0 Å². The SMILES string of the molecule is CCOc1ccc(OC(C)C(=O)Nc2ccc(-c3nc4ccc(C)cc4s3)cc2)cc1. The summed E-state index contributed by atoms with van der Waals surface area (Å²) in [4.78, 5) is 17.2. The molecule has 0 bridgehead atoms. The fourth-order valence-corrected chi connectivity index (χ4v) is 4.20. The number of hydrogen-bond donors (Lipinski definition) is 1. The Hall–Kier alpha value is -3.38. The number of carbonyl (C=O) groups excluding carboxylic acids is 1. The molecule has 5 nitrogen and oxygen atoms in total. The number of nitrogens with one attached hydrogen (secondary N) is 1. The molecule has 4 rings (SSSR count). The Morgan fingerprint density at radius 1 is 1.03 bits per heavy atom.